The molecule has 10 nitrogen and oxygen atoms in total. The molecule has 172 valence electrons. The summed E-state index contributed by atoms with van der Waals surface area (Å²) in [6, 6.07) is -1.16. The molecule has 10 heteroatoms. The standard InChI is InChI=1S/C20H33NO9/c1-5-8-14(23)27-11-13-18(29-15(24)9-6-2)19(30-16(25)10-7-3)17(20(26)28-13)21-12(4)22/h13,17-20,26H,5-11H2,1-4H3,(H,21,22)/t13?,17?,18-,19-,20-/m1/s1. The van der Waals surface area contributed by atoms with E-state index in [0.717, 1.165) is 0 Å². The van der Waals surface area contributed by atoms with E-state index in [2.05, 4.69) is 5.32 Å². The summed E-state index contributed by atoms with van der Waals surface area (Å²) in [5.41, 5.74) is 0. The minimum Gasteiger partial charge on any atom is -0.463 e. The van der Waals surface area contributed by atoms with Crippen LogP contribution in [0.15, 0.2) is 0 Å². The number of hydrogen-bond donors (Lipinski definition) is 2. The first-order chi connectivity index (χ1) is 14.2. The Morgan fingerprint density at radius 3 is 1.87 bits per heavy atom. The molecule has 0 aliphatic carbocycles. The molecule has 0 aromatic heterocycles. The fraction of sp³-hybridized carbons (Fsp3) is 0.800. The van der Waals surface area contributed by atoms with Crippen molar-refractivity contribution in [3.8, 4) is 0 Å². The van der Waals surface area contributed by atoms with Crippen molar-refractivity contribution in [2.45, 2.75) is 96.9 Å². The summed E-state index contributed by atoms with van der Waals surface area (Å²) in [4.78, 5) is 47.8. The number of esters is 3. The van der Waals surface area contributed by atoms with Crippen molar-refractivity contribution < 1.29 is 43.2 Å². The Labute approximate surface area is 176 Å². The highest BCUT2D eigenvalue weighted by molar-refractivity contribution is 5.74. The van der Waals surface area contributed by atoms with E-state index in [9.17, 15) is 24.3 Å². The molecule has 5 atom stereocenters. The van der Waals surface area contributed by atoms with Gasteiger partial charge in [0.2, 0.25) is 5.91 Å². The number of nitrogens with one attached hydrogen (secondary N) is 1. The number of hydrogen-bond acceptors (Lipinski definition) is 9. The van der Waals surface area contributed by atoms with E-state index >= 15 is 0 Å². The first-order valence-electron chi connectivity index (χ1n) is 10.4. The van der Waals surface area contributed by atoms with Crippen LogP contribution in [0.1, 0.15) is 66.2 Å². The number of carbonyl (C=O) groups is 4. The van der Waals surface area contributed by atoms with Gasteiger partial charge in [-0.3, -0.25) is 19.2 Å². The lowest BCUT2D eigenvalue weighted by atomic mass is 9.96. The maximum atomic E-state index is 12.2. The summed E-state index contributed by atoms with van der Waals surface area (Å²) in [7, 11) is 0. The fourth-order valence-electron chi connectivity index (χ4n) is 3.01. The molecule has 2 N–H and O–H groups in total. The lowest BCUT2D eigenvalue weighted by molar-refractivity contribution is -0.265. The number of rotatable bonds is 11. The molecular formula is C20H33NO9. The highest BCUT2D eigenvalue weighted by Crippen LogP contribution is 2.27. The molecule has 2 unspecified atom stereocenters. The molecule has 0 aromatic rings. The Bertz CT molecular complexity index is 595. The van der Waals surface area contributed by atoms with Gasteiger partial charge in [-0.25, -0.2) is 0 Å². The Morgan fingerprint density at radius 1 is 0.867 bits per heavy atom. The van der Waals surface area contributed by atoms with Gasteiger partial charge in [-0.05, 0) is 19.3 Å². The van der Waals surface area contributed by atoms with Gasteiger partial charge < -0.3 is 29.4 Å². The molecule has 0 radical (unpaired) electrons. The zero-order chi connectivity index (χ0) is 22.7. The highest BCUT2D eigenvalue weighted by atomic mass is 16.7. The van der Waals surface area contributed by atoms with Crippen molar-refractivity contribution >= 4 is 23.8 Å². The van der Waals surface area contributed by atoms with E-state index in [0.29, 0.717) is 19.3 Å². The van der Waals surface area contributed by atoms with Crippen LogP contribution in [0.4, 0.5) is 0 Å². The third-order valence-electron chi connectivity index (χ3n) is 4.34. The predicted octanol–water partition coefficient (Wildman–Crippen LogP) is 0.975. The Balaban J connectivity index is 3.15. The van der Waals surface area contributed by atoms with E-state index in [4.69, 9.17) is 18.9 Å². The molecular weight excluding hydrogens is 398 g/mol. The predicted molar refractivity (Wildman–Crippen MR) is 104 cm³/mol. The monoisotopic (exact) mass is 431 g/mol. The van der Waals surface area contributed by atoms with Gasteiger partial charge in [-0.1, -0.05) is 20.8 Å². The van der Waals surface area contributed by atoms with Crippen LogP contribution < -0.4 is 5.32 Å². The molecule has 1 saturated heterocycles. The van der Waals surface area contributed by atoms with Gasteiger partial charge in [0.15, 0.2) is 18.5 Å². The van der Waals surface area contributed by atoms with E-state index < -0.39 is 54.5 Å². The summed E-state index contributed by atoms with van der Waals surface area (Å²) >= 11 is 0. The first kappa shape index (κ1) is 25.8. The zero-order valence-electron chi connectivity index (χ0n) is 18.0. The Kier molecular flexibility index (Phi) is 11.3. The van der Waals surface area contributed by atoms with Gasteiger partial charge in [-0.2, -0.15) is 0 Å². The molecule has 1 rings (SSSR count). The number of carbonyl (C=O) groups excluding carboxylic acids is 4. The normalized spacial score (nSPS) is 25.8. The summed E-state index contributed by atoms with van der Waals surface area (Å²) in [6.45, 7) is 6.33. The van der Waals surface area contributed by atoms with Crippen molar-refractivity contribution in [1.82, 2.24) is 5.32 Å². The molecule has 0 spiro atoms. The number of amides is 1. The van der Waals surface area contributed by atoms with E-state index in [1.54, 1.807) is 13.8 Å². The van der Waals surface area contributed by atoms with Crippen molar-refractivity contribution in [3.63, 3.8) is 0 Å². The van der Waals surface area contributed by atoms with Crippen molar-refractivity contribution in [1.29, 1.82) is 0 Å². The second-order valence-electron chi connectivity index (χ2n) is 7.13. The number of ether oxygens (including phenoxy) is 4. The van der Waals surface area contributed by atoms with Crippen LogP contribution in [-0.4, -0.2) is 66.2 Å². The topological polar surface area (TPSA) is 137 Å². The maximum Gasteiger partial charge on any atom is 0.306 e. The minimum absolute atomic E-state index is 0.103. The second-order valence-corrected chi connectivity index (χ2v) is 7.13. The third-order valence-corrected chi connectivity index (χ3v) is 4.34. The van der Waals surface area contributed by atoms with Crippen molar-refractivity contribution in [2.24, 2.45) is 0 Å². The Hall–Kier alpha value is -2.20. The lowest BCUT2D eigenvalue weighted by Gasteiger charge is -2.43. The number of aliphatic hydroxyl groups is 1. The summed E-state index contributed by atoms with van der Waals surface area (Å²) in [6.07, 6.45) is -2.99. The van der Waals surface area contributed by atoms with Gasteiger partial charge in [0, 0.05) is 26.2 Å². The van der Waals surface area contributed by atoms with Crippen LogP contribution in [-0.2, 0) is 38.1 Å². The third kappa shape index (κ3) is 8.27. The molecule has 0 aromatic carbocycles. The molecule has 30 heavy (non-hydrogen) atoms. The van der Waals surface area contributed by atoms with Gasteiger partial charge in [0.25, 0.3) is 0 Å². The summed E-state index contributed by atoms with van der Waals surface area (Å²) < 4.78 is 21.6. The van der Waals surface area contributed by atoms with Crippen LogP contribution in [0.5, 0.6) is 0 Å². The average Bonchev–Trinajstić information content (AvgIpc) is 2.65. The van der Waals surface area contributed by atoms with Crippen LogP contribution in [0, 0.1) is 0 Å². The molecule has 1 heterocycles. The van der Waals surface area contributed by atoms with Crippen LogP contribution >= 0.6 is 0 Å². The van der Waals surface area contributed by atoms with Gasteiger partial charge >= 0.3 is 17.9 Å². The molecule has 1 aliphatic rings. The van der Waals surface area contributed by atoms with E-state index in [-0.39, 0.29) is 25.9 Å². The van der Waals surface area contributed by atoms with Crippen molar-refractivity contribution in [3.05, 3.63) is 0 Å². The molecule has 1 fully saturated rings. The quantitative estimate of drug-likeness (QED) is 0.362. The summed E-state index contributed by atoms with van der Waals surface area (Å²) in [5, 5.41) is 12.9. The highest BCUT2D eigenvalue weighted by Gasteiger charge is 2.50. The van der Waals surface area contributed by atoms with Gasteiger partial charge in [0.1, 0.15) is 18.8 Å². The zero-order valence-corrected chi connectivity index (χ0v) is 18.0. The fourth-order valence-corrected chi connectivity index (χ4v) is 3.01. The largest absolute Gasteiger partial charge is 0.463 e. The SMILES string of the molecule is CCCC(=O)OCC1O[C@@H](O)C(NC(C)=O)[C@@H](OC(=O)CCC)[C@@H]1OC(=O)CCC. The molecule has 1 amide bonds. The summed E-state index contributed by atoms with van der Waals surface area (Å²) in [5.74, 6) is -2.11. The minimum atomic E-state index is -1.57. The van der Waals surface area contributed by atoms with Gasteiger partial charge in [0.05, 0.1) is 0 Å². The van der Waals surface area contributed by atoms with Gasteiger partial charge in [-0.15, -0.1) is 0 Å². The van der Waals surface area contributed by atoms with Crippen LogP contribution in [0.3, 0.4) is 0 Å². The number of aliphatic hydroxyl groups excluding tert-OH is 1. The Morgan fingerprint density at radius 2 is 1.37 bits per heavy atom. The maximum absolute atomic E-state index is 12.2. The smallest absolute Gasteiger partial charge is 0.306 e. The molecule has 1 aliphatic heterocycles. The lowest BCUT2D eigenvalue weighted by Crippen LogP contribution is -2.66. The van der Waals surface area contributed by atoms with Crippen LogP contribution in [0.2, 0.25) is 0 Å². The first-order valence-corrected chi connectivity index (χ1v) is 10.4. The molecule has 0 bridgehead atoms. The van der Waals surface area contributed by atoms with E-state index in [1.807, 2.05) is 6.92 Å². The average molecular weight is 431 g/mol. The van der Waals surface area contributed by atoms with E-state index in [1.165, 1.54) is 6.92 Å². The van der Waals surface area contributed by atoms with Crippen molar-refractivity contribution in [2.75, 3.05) is 6.61 Å². The molecule has 0 saturated carbocycles. The second kappa shape index (κ2) is 13.2. The van der Waals surface area contributed by atoms with Crippen LogP contribution in [0.25, 0.3) is 0 Å².